The second-order valence-electron chi connectivity index (χ2n) is 5.02. The van der Waals surface area contributed by atoms with Gasteiger partial charge in [-0.1, -0.05) is 42.5 Å². The van der Waals surface area contributed by atoms with Gasteiger partial charge in [-0.2, -0.15) is 0 Å². The van der Waals surface area contributed by atoms with Crippen LogP contribution in [0.5, 0.6) is 0 Å². The molecule has 0 atom stereocenters. The predicted molar refractivity (Wildman–Crippen MR) is 66.7 cm³/mol. The largest absolute Gasteiger partial charge is 0.0619 e. The summed E-state index contributed by atoms with van der Waals surface area (Å²) in [7, 11) is 0. The van der Waals surface area contributed by atoms with Gasteiger partial charge in [0.25, 0.3) is 0 Å². The van der Waals surface area contributed by atoms with Crippen molar-refractivity contribution in [3.63, 3.8) is 0 Å². The van der Waals surface area contributed by atoms with E-state index in [4.69, 9.17) is 0 Å². The second kappa shape index (κ2) is 2.98. The van der Waals surface area contributed by atoms with E-state index in [1.807, 2.05) is 0 Å². The minimum Gasteiger partial charge on any atom is -0.0619 e. The van der Waals surface area contributed by atoms with Gasteiger partial charge in [0.1, 0.15) is 0 Å². The van der Waals surface area contributed by atoms with Crippen LogP contribution in [0.4, 0.5) is 0 Å². The van der Waals surface area contributed by atoms with E-state index in [1.54, 1.807) is 5.56 Å². The van der Waals surface area contributed by atoms with Crippen LogP contribution in [0.25, 0.3) is 11.1 Å². The van der Waals surface area contributed by atoms with E-state index >= 15 is 0 Å². The Labute approximate surface area is 95.9 Å². The lowest BCUT2D eigenvalue weighted by molar-refractivity contribution is 1.12. The molecule has 2 aromatic carbocycles. The molecule has 0 aromatic heterocycles. The van der Waals surface area contributed by atoms with Gasteiger partial charge in [-0.25, -0.2) is 0 Å². The fourth-order valence-electron chi connectivity index (χ4n) is 2.81. The van der Waals surface area contributed by atoms with Crippen LogP contribution in [0.15, 0.2) is 42.5 Å². The number of hydrogen-bond donors (Lipinski definition) is 0. The lowest BCUT2D eigenvalue weighted by atomic mass is 10.0. The maximum Gasteiger partial charge on any atom is -0.00135 e. The van der Waals surface area contributed by atoms with Crippen molar-refractivity contribution in [3.05, 3.63) is 59.2 Å². The Hall–Kier alpha value is -1.56. The first-order chi connectivity index (χ1) is 7.92. The van der Waals surface area contributed by atoms with Gasteiger partial charge in [0.2, 0.25) is 0 Å². The lowest BCUT2D eigenvalue weighted by Crippen LogP contribution is -1.83. The summed E-state index contributed by atoms with van der Waals surface area (Å²) in [6.07, 6.45) is 3.90. The molecule has 78 valence electrons. The summed E-state index contributed by atoms with van der Waals surface area (Å²) in [5, 5.41) is 0. The van der Waals surface area contributed by atoms with Crippen LogP contribution in [0.2, 0.25) is 0 Å². The van der Waals surface area contributed by atoms with Gasteiger partial charge in [0.15, 0.2) is 0 Å². The number of fused-ring (bicyclic) bond motifs is 3. The zero-order valence-electron chi connectivity index (χ0n) is 9.24. The van der Waals surface area contributed by atoms with Crippen molar-refractivity contribution < 1.29 is 0 Å². The Morgan fingerprint density at radius 2 is 1.62 bits per heavy atom. The van der Waals surface area contributed by atoms with Crippen molar-refractivity contribution in [2.75, 3.05) is 0 Å². The molecule has 0 saturated heterocycles. The van der Waals surface area contributed by atoms with E-state index in [1.165, 1.54) is 35.1 Å². The van der Waals surface area contributed by atoms with E-state index in [2.05, 4.69) is 42.5 Å². The molecule has 0 spiro atoms. The Balaban J connectivity index is 1.91. The minimum absolute atomic E-state index is 0.859. The molecule has 0 heteroatoms. The first-order valence-electron chi connectivity index (χ1n) is 6.13. The third kappa shape index (κ3) is 1.16. The topological polar surface area (TPSA) is 0 Å². The van der Waals surface area contributed by atoms with Crippen LogP contribution < -0.4 is 0 Å². The van der Waals surface area contributed by atoms with Crippen LogP contribution in [-0.2, 0) is 6.42 Å². The monoisotopic (exact) mass is 206 g/mol. The van der Waals surface area contributed by atoms with Crippen molar-refractivity contribution in [1.82, 2.24) is 0 Å². The molecule has 0 unspecified atom stereocenters. The van der Waals surface area contributed by atoms with Crippen molar-refractivity contribution in [1.29, 1.82) is 0 Å². The highest BCUT2D eigenvalue weighted by atomic mass is 14.3. The third-order valence-electron chi connectivity index (χ3n) is 3.87. The SMILES string of the molecule is c1ccc2c(c1)Cc1ccc(C3CC3)cc1-2. The second-order valence-corrected chi connectivity index (χ2v) is 5.02. The van der Waals surface area contributed by atoms with Crippen LogP contribution in [0.1, 0.15) is 35.4 Å². The van der Waals surface area contributed by atoms with Crippen LogP contribution in [-0.4, -0.2) is 0 Å². The minimum atomic E-state index is 0.859. The Bertz CT molecular complexity index is 562. The summed E-state index contributed by atoms with van der Waals surface area (Å²) in [5.41, 5.74) is 7.49. The maximum atomic E-state index is 2.43. The van der Waals surface area contributed by atoms with Crippen molar-refractivity contribution in [2.24, 2.45) is 0 Å². The van der Waals surface area contributed by atoms with E-state index in [9.17, 15) is 0 Å². The summed E-state index contributed by atoms with van der Waals surface area (Å²) < 4.78 is 0. The molecule has 2 aliphatic carbocycles. The Morgan fingerprint density at radius 1 is 0.812 bits per heavy atom. The standard InChI is InChI=1S/C16H14/c1-2-4-15-13(3-1)9-14-8-7-12(10-16(14)15)11-5-6-11/h1-4,7-8,10-11H,5-6,9H2. The van der Waals surface area contributed by atoms with Gasteiger partial charge in [0.05, 0.1) is 0 Å². The molecule has 0 radical (unpaired) electrons. The molecule has 4 rings (SSSR count). The molecule has 16 heavy (non-hydrogen) atoms. The van der Waals surface area contributed by atoms with Gasteiger partial charge in [-0.05, 0) is 53.0 Å². The molecular weight excluding hydrogens is 192 g/mol. The Kier molecular flexibility index (Phi) is 1.59. The highest BCUT2D eigenvalue weighted by molar-refractivity contribution is 5.77. The van der Waals surface area contributed by atoms with E-state index in [0.717, 1.165) is 12.3 Å². The average Bonchev–Trinajstić information content (AvgIpc) is 3.10. The predicted octanol–water partition coefficient (Wildman–Crippen LogP) is 4.14. The molecule has 0 bridgehead atoms. The summed E-state index contributed by atoms with van der Waals surface area (Å²) in [4.78, 5) is 0. The molecule has 0 heterocycles. The molecule has 0 aliphatic heterocycles. The third-order valence-corrected chi connectivity index (χ3v) is 3.87. The summed E-state index contributed by atoms with van der Waals surface area (Å²) in [6.45, 7) is 0. The quantitative estimate of drug-likeness (QED) is 0.561. The molecule has 2 aromatic rings. The molecule has 1 fully saturated rings. The Morgan fingerprint density at radius 3 is 2.50 bits per heavy atom. The summed E-state index contributed by atoms with van der Waals surface area (Å²) in [6, 6.07) is 15.9. The first kappa shape index (κ1) is 8.58. The lowest BCUT2D eigenvalue weighted by Gasteiger charge is -2.04. The smallest absolute Gasteiger partial charge is 0.00135 e. The maximum absolute atomic E-state index is 2.43. The van der Waals surface area contributed by atoms with Crippen molar-refractivity contribution in [2.45, 2.75) is 25.2 Å². The molecular formula is C16H14. The number of rotatable bonds is 1. The van der Waals surface area contributed by atoms with Crippen molar-refractivity contribution in [3.8, 4) is 11.1 Å². The van der Waals surface area contributed by atoms with Gasteiger partial charge in [0, 0.05) is 0 Å². The van der Waals surface area contributed by atoms with Gasteiger partial charge < -0.3 is 0 Å². The van der Waals surface area contributed by atoms with Crippen molar-refractivity contribution >= 4 is 0 Å². The van der Waals surface area contributed by atoms with Gasteiger partial charge in [-0.3, -0.25) is 0 Å². The van der Waals surface area contributed by atoms with E-state index in [0.29, 0.717) is 0 Å². The first-order valence-corrected chi connectivity index (χ1v) is 6.13. The molecule has 0 amide bonds. The van der Waals surface area contributed by atoms with E-state index in [-0.39, 0.29) is 0 Å². The fraction of sp³-hybridized carbons (Fsp3) is 0.250. The number of hydrogen-bond acceptors (Lipinski definition) is 0. The molecule has 2 aliphatic rings. The molecule has 0 N–H and O–H groups in total. The highest BCUT2D eigenvalue weighted by Gasteiger charge is 2.25. The highest BCUT2D eigenvalue weighted by Crippen LogP contribution is 2.44. The zero-order valence-corrected chi connectivity index (χ0v) is 9.24. The zero-order chi connectivity index (χ0) is 10.5. The van der Waals surface area contributed by atoms with Gasteiger partial charge >= 0.3 is 0 Å². The normalized spacial score (nSPS) is 17.0. The van der Waals surface area contributed by atoms with Gasteiger partial charge in [-0.15, -0.1) is 0 Å². The average molecular weight is 206 g/mol. The molecule has 1 saturated carbocycles. The van der Waals surface area contributed by atoms with Crippen LogP contribution in [0.3, 0.4) is 0 Å². The molecule has 0 nitrogen and oxygen atoms in total. The summed E-state index contributed by atoms with van der Waals surface area (Å²) in [5.74, 6) is 0.859. The van der Waals surface area contributed by atoms with Crippen LogP contribution in [0, 0.1) is 0 Å². The van der Waals surface area contributed by atoms with E-state index < -0.39 is 0 Å². The summed E-state index contributed by atoms with van der Waals surface area (Å²) >= 11 is 0. The number of benzene rings is 2. The fourth-order valence-corrected chi connectivity index (χ4v) is 2.81. The van der Waals surface area contributed by atoms with Crippen LogP contribution >= 0.6 is 0 Å².